The first-order chi connectivity index (χ1) is 14.0. The molecule has 3 rings (SSSR count). The summed E-state index contributed by atoms with van der Waals surface area (Å²) in [6, 6.07) is 13.8. The van der Waals surface area contributed by atoms with E-state index in [1.807, 2.05) is 6.92 Å². The lowest BCUT2D eigenvalue weighted by Crippen LogP contribution is -2.30. The number of anilines is 1. The molecule has 1 N–H and O–H groups in total. The first-order valence-electron chi connectivity index (χ1n) is 9.29. The smallest absolute Gasteiger partial charge is 0.419 e. The number of rotatable bonds is 8. The molecule has 1 unspecified atom stereocenters. The van der Waals surface area contributed by atoms with Gasteiger partial charge >= 0.3 is 11.7 Å². The van der Waals surface area contributed by atoms with Crippen molar-refractivity contribution in [1.82, 2.24) is 4.57 Å². The van der Waals surface area contributed by atoms with E-state index >= 15 is 0 Å². The number of hydrogen-bond acceptors (Lipinski definition) is 6. The van der Waals surface area contributed by atoms with Gasteiger partial charge in [-0.15, -0.1) is 0 Å². The number of aryl methyl sites for hydroxylation is 1. The number of fused-ring (bicyclic) bond motifs is 1. The maximum absolute atomic E-state index is 12.2. The summed E-state index contributed by atoms with van der Waals surface area (Å²) in [6.07, 6.45) is -1.05. The van der Waals surface area contributed by atoms with Crippen molar-refractivity contribution in [2.24, 2.45) is 0 Å². The summed E-state index contributed by atoms with van der Waals surface area (Å²) in [6.45, 7) is 4.03. The van der Waals surface area contributed by atoms with Crippen LogP contribution in [0.1, 0.15) is 20.3 Å². The fourth-order valence-corrected chi connectivity index (χ4v) is 2.78. The van der Waals surface area contributed by atoms with Gasteiger partial charge in [0, 0.05) is 12.2 Å². The van der Waals surface area contributed by atoms with Crippen LogP contribution >= 0.6 is 0 Å². The Morgan fingerprint density at radius 2 is 1.86 bits per heavy atom. The maximum atomic E-state index is 12.2. The van der Waals surface area contributed by atoms with Crippen molar-refractivity contribution in [3.8, 4) is 5.75 Å². The van der Waals surface area contributed by atoms with Crippen molar-refractivity contribution in [2.75, 3.05) is 11.9 Å². The van der Waals surface area contributed by atoms with Gasteiger partial charge in [-0.1, -0.05) is 12.1 Å². The molecule has 1 amide bonds. The number of hydrogen-bond donors (Lipinski definition) is 1. The number of amides is 1. The summed E-state index contributed by atoms with van der Waals surface area (Å²) in [5.74, 6) is -0.878. The van der Waals surface area contributed by atoms with E-state index in [0.29, 0.717) is 29.1 Å². The molecule has 1 aromatic heterocycles. The average molecular weight is 398 g/mol. The zero-order chi connectivity index (χ0) is 20.8. The Kier molecular flexibility index (Phi) is 6.33. The molecule has 152 valence electrons. The van der Waals surface area contributed by atoms with Gasteiger partial charge in [0.05, 0.1) is 18.5 Å². The van der Waals surface area contributed by atoms with Crippen molar-refractivity contribution in [1.29, 1.82) is 0 Å². The van der Waals surface area contributed by atoms with Crippen molar-refractivity contribution in [2.45, 2.75) is 32.9 Å². The van der Waals surface area contributed by atoms with E-state index in [1.165, 1.54) is 11.5 Å². The zero-order valence-electron chi connectivity index (χ0n) is 16.2. The van der Waals surface area contributed by atoms with Crippen LogP contribution in [0.3, 0.4) is 0 Å². The van der Waals surface area contributed by atoms with Crippen molar-refractivity contribution >= 4 is 28.7 Å². The number of esters is 1. The van der Waals surface area contributed by atoms with Crippen molar-refractivity contribution in [3.63, 3.8) is 0 Å². The molecule has 0 fully saturated rings. The highest BCUT2D eigenvalue weighted by Gasteiger charge is 2.19. The Labute approximate surface area is 167 Å². The third kappa shape index (κ3) is 5.04. The predicted octanol–water partition coefficient (Wildman–Crippen LogP) is 2.95. The minimum Gasteiger partial charge on any atom is -0.494 e. The highest BCUT2D eigenvalue weighted by Crippen LogP contribution is 2.16. The third-order valence-corrected chi connectivity index (χ3v) is 4.22. The van der Waals surface area contributed by atoms with Gasteiger partial charge in [-0.3, -0.25) is 14.2 Å². The number of benzene rings is 2. The minimum absolute atomic E-state index is 0.0654. The molecule has 2 aromatic carbocycles. The summed E-state index contributed by atoms with van der Waals surface area (Å²) in [7, 11) is 0. The van der Waals surface area contributed by atoms with Crippen LogP contribution in [0.25, 0.3) is 11.1 Å². The molecule has 29 heavy (non-hydrogen) atoms. The van der Waals surface area contributed by atoms with Crippen LogP contribution in [-0.2, 0) is 20.9 Å². The Bertz CT molecular complexity index is 1050. The second kappa shape index (κ2) is 9.09. The SMILES string of the molecule is CCOc1ccc(NC(=O)C(C)OC(=O)CCn2c(=O)oc3ccccc32)cc1. The lowest BCUT2D eigenvalue weighted by atomic mass is 10.3. The molecule has 1 atom stereocenters. The molecule has 0 spiro atoms. The molecule has 0 saturated carbocycles. The normalized spacial score (nSPS) is 11.8. The number of para-hydroxylation sites is 2. The van der Waals surface area contributed by atoms with Gasteiger partial charge in [0.15, 0.2) is 11.7 Å². The second-order valence-electron chi connectivity index (χ2n) is 6.32. The lowest BCUT2D eigenvalue weighted by molar-refractivity contribution is -0.153. The van der Waals surface area contributed by atoms with Gasteiger partial charge in [0.2, 0.25) is 0 Å². The summed E-state index contributed by atoms with van der Waals surface area (Å²) in [5.41, 5.74) is 1.62. The van der Waals surface area contributed by atoms with E-state index in [2.05, 4.69) is 5.32 Å². The molecule has 0 aliphatic heterocycles. The van der Waals surface area contributed by atoms with E-state index in [4.69, 9.17) is 13.9 Å². The van der Waals surface area contributed by atoms with Gasteiger partial charge in [-0.2, -0.15) is 0 Å². The van der Waals surface area contributed by atoms with Crippen LogP contribution in [0, 0.1) is 0 Å². The lowest BCUT2D eigenvalue weighted by Gasteiger charge is -2.14. The number of ether oxygens (including phenoxy) is 2. The quantitative estimate of drug-likeness (QED) is 0.586. The highest BCUT2D eigenvalue weighted by molar-refractivity contribution is 5.95. The van der Waals surface area contributed by atoms with Crippen LogP contribution in [-0.4, -0.2) is 29.2 Å². The molecule has 0 aliphatic carbocycles. The zero-order valence-corrected chi connectivity index (χ0v) is 16.2. The molecule has 0 saturated heterocycles. The molecule has 0 aliphatic rings. The summed E-state index contributed by atoms with van der Waals surface area (Å²) in [4.78, 5) is 36.3. The number of nitrogens with zero attached hydrogens (tertiary/aromatic N) is 1. The third-order valence-electron chi connectivity index (χ3n) is 4.22. The largest absolute Gasteiger partial charge is 0.494 e. The van der Waals surface area contributed by atoms with Gasteiger partial charge in [-0.05, 0) is 50.2 Å². The Morgan fingerprint density at radius 1 is 1.14 bits per heavy atom. The van der Waals surface area contributed by atoms with Crippen LogP contribution in [0.4, 0.5) is 5.69 Å². The topological polar surface area (TPSA) is 99.8 Å². The van der Waals surface area contributed by atoms with Crippen LogP contribution in [0.15, 0.2) is 57.7 Å². The molecular formula is C21H22N2O6. The molecule has 1 heterocycles. The highest BCUT2D eigenvalue weighted by atomic mass is 16.5. The molecule has 0 bridgehead atoms. The average Bonchev–Trinajstić information content (AvgIpc) is 3.03. The molecule has 8 heteroatoms. The van der Waals surface area contributed by atoms with Gasteiger partial charge in [0.1, 0.15) is 5.75 Å². The Morgan fingerprint density at radius 3 is 2.59 bits per heavy atom. The number of aromatic nitrogens is 1. The fourth-order valence-electron chi connectivity index (χ4n) is 2.78. The van der Waals surface area contributed by atoms with Crippen LogP contribution < -0.4 is 15.8 Å². The van der Waals surface area contributed by atoms with Gasteiger partial charge in [-0.25, -0.2) is 4.79 Å². The first-order valence-corrected chi connectivity index (χ1v) is 9.29. The van der Waals surface area contributed by atoms with E-state index in [0.717, 1.165) is 0 Å². The van der Waals surface area contributed by atoms with Crippen molar-refractivity contribution in [3.05, 3.63) is 59.1 Å². The first kappa shape index (κ1) is 20.2. The monoisotopic (exact) mass is 398 g/mol. The van der Waals surface area contributed by atoms with Crippen LogP contribution in [0.2, 0.25) is 0 Å². The maximum Gasteiger partial charge on any atom is 0.419 e. The standard InChI is InChI=1S/C21H22N2O6/c1-3-27-16-10-8-15(9-11-16)22-20(25)14(2)28-19(24)12-13-23-17-6-4-5-7-18(17)29-21(23)26/h4-11,14H,3,12-13H2,1-2H3,(H,22,25). The fraction of sp³-hybridized carbons (Fsp3) is 0.286. The summed E-state index contributed by atoms with van der Waals surface area (Å²) in [5, 5.41) is 2.68. The minimum atomic E-state index is -0.980. The Hall–Kier alpha value is -3.55. The van der Waals surface area contributed by atoms with Gasteiger partial charge < -0.3 is 19.2 Å². The number of nitrogens with one attached hydrogen (secondary N) is 1. The second-order valence-corrected chi connectivity index (χ2v) is 6.32. The van der Waals surface area contributed by atoms with E-state index in [1.54, 1.807) is 48.5 Å². The summed E-state index contributed by atoms with van der Waals surface area (Å²) < 4.78 is 17.0. The van der Waals surface area contributed by atoms with E-state index in [9.17, 15) is 14.4 Å². The molecule has 3 aromatic rings. The number of carbonyl (C=O) groups is 2. The Balaban J connectivity index is 1.52. The number of oxazole rings is 1. The summed E-state index contributed by atoms with van der Waals surface area (Å²) >= 11 is 0. The van der Waals surface area contributed by atoms with Crippen LogP contribution in [0.5, 0.6) is 5.75 Å². The van der Waals surface area contributed by atoms with Gasteiger partial charge in [0.25, 0.3) is 5.91 Å². The molecule has 8 nitrogen and oxygen atoms in total. The number of carbonyl (C=O) groups excluding carboxylic acids is 2. The molecule has 0 radical (unpaired) electrons. The molecular weight excluding hydrogens is 376 g/mol. The van der Waals surface area contributed by atoms with E-state index in [-0.39, 0.29) is 13.0 Å². The predicted molar refractivity (Wildman–Crippen MR) is 107 cm³/mol. The van der Waals surface area contributed by atoms with E-state index < -0.39 is 23.7 Å². The van der Waals surface area contributed by atoms with Crippen molar-refractivity contribution < 1.29 is 23.5 Å².